The molecule has 38 heavy (non-hydrogen) atoms. The van der Waals surface area contributed by atoms with Crippen molar-refractivity contribution in [2.45, 2.75) is 23.8 Å². The molecule has 0 aliphatic carbocycles. The molecule has 0 radical (unpaired) electrons. The van der Waals surface area contributed by atoms with E-state index in [0.29, 0.717) is 33.0 Å². The number of nitrogens with one attached hydrogen (secondary N) is 2. The van der Waals surface area contributed by atoms with Gasteiger partial charge in [-0.3, -0.25) is 4.79 Å². The van der Waals surface area contributed by atoms with E-state index in [1.54, 1.807) is 19.1 Å². The van der Waals surface area contributed by atoms with Crippen molar-refractivity contribution in [3.05, 3.63) is 128 Å². The lowest BCUT2D eigenvalue weighted by Crippen LogP contribution is -2.31. The summed E-state index contributed by atoms with van der Waals surface area (Å²) in [5, 5.41) is 4.26. The van der Waals surface area contributed by atoms with Gasteiger partial charge in [-0.2, -0.15) is 0 Å². The van der Waals surface area contributed by atoms with Crippen molar-refractivity contribution in [1.82, 2.24) is 9.97 Å². The van der Waals surface area contributed by atoms with Crippen molar-refractivity contribution >= 4 is 40.8 Å². The molecule has 5 rings (SSSR count). The van der Waals surface area contributed by atoms with Crippen LogP contribution < -0.4 is 10.9 Å². The minimum atomic E-state index is -0.833. The van der Waals surface area contributed by atoms with Gasteiger partial charge >= 0.3 is 5.97 Å². The third-order valence-corrected chi connectivity index (χ3v) is 7.40. The number of ether oxygens (including phenoxy) is 1. The van der Waals surface area contributed by atoms with E-state index >= 15 is 0 Å². The number of H-pyrrole nitrogens is 1. The Kier molecular flexibility index (Phi) is 7.62. The average molecular weight is 548 g/mol. The first-order chi connectivity index (χ1) is 18.5. The highest BCUT2D eigenvalue weighted by atomic mass is 35.5. The largest absolute Gasteiger partial charge is 0.463 e. The Hall–Kier alpha value is -3.88. The van der Waals surface area contributed by atoms with Gasteiger partial charge in [0.15, 0.2) is 5.16 Å². The van der Waals surface area contributed by atoms with Crippen LogP contribution in [0.25, 0.3) is 5.70 Å². The molecule has 3 aromatic carbocycles. The SMILES string of the molecule is CCOC(=O)C1=C(c2ccccc2)Nc2nc(SCc3ccccc3Cl)[nH]c(=O)c2C1c1ccc(F)cc1. The number of aromatic amines is 1. The van der Waals surface area contributed by atoms with Gasteiger partial charge in [-0.05, 0) is 41.8 Å². The number of aromatic nitrogens is 2. The highest BCUT2D eigenvalue weighted by Gasteiger charge is 2.38. The molecule has 1 atom stereocenters. The normalized spacial score (nSPS) is 14.6. The summed E-state index contributed by atoms with van der Waals surface area (Å²) in [6.07, 6.45) is 0. The molecule has 6 nitrogen and oxygen atoms in total. The summed E-state index contributed by atoms with van der Waals surface area (Å²) in [6.45, 7) is 1.87. The van der Waals surface area contributed by atoms with E-state index < -0.39 is 23.3 Å². The molecule has 1 aliphatic heterocycles. The lowest BCUT2D eigenvalue weighted by Gasteiger charge is -2.30. The Morgan fingerprint density at radius 2 is 1.76 bits per heavy atom. The standard InChI is InChI=1S/C29H23ClFN3O3S/c1-2-37-28(36)23-22(17-12-14-20(31)15-13-17)24-26(32-25(23)18-8-4-3-5-9-18)33-29(34-27(24)35)38-16-19-10-6-7-11-21(19)30/h3-15,22H,2,16H2,1H3,(H2,32,33,34,35). The van der Waals surface area contributed by atoms with Gasteiger partial charge in [0.25, 0.3) is 5.56 Å². The van der Waals surface area contributed by atoms with Gasteiger partial charge in [0, 0.05) is 10.8 Å². The van der Waals surface area contributed by atoms with Gasteiger partial charge in [-0.1, -0.05) is 84.0 Å². The third kappa shape index (κ3) is 5.23. The zero-order chi connectivity index (χ0) is 26.6. The Bertz CT molecular complexity index is 1570. The van der Waals surface area contributed by atoms with Gasteiger partial charge in [0.2, 0.25) is 0 Å². The second-order valence-electron chi connectivity index (χ2n) is 8.50. The highest BCUT2D eigenvalue weighted by Crippen LogP contribution is 2.43. The minimum absolute atomic E-state index is 0.152. The van der Waals surface area contributed by atoms with Crippen LogP contribution in [-0.4, -0.2) is 22.5 Å². The maximum atomic E-state index is 13.8. The van der Waals surface area contributed by atoms with Gasteiger partial charge in [-0.25, -0.2) is 14.2 Å². The van der Waals surface area contributed by atoms with E-state index in [1.165, 1.54) is 23.9 Å². The molecule has 192 valence electrons. The molecule has 0 amide bonds. The van der Waals surface area contributed by atoms with Crippen LogP contribution in [-0.2, 0) is 15.3 Å². The zero-order valence-corrected chi connectivity index (χ0v) is 21.9. The smallest absolute Gasteiger partial charge is 0.337 e. The van der Waals surface area contributed by atoms with Gasteiger partial charge in [-0.15, -0.1) is 0 Å². The fourth-order valence-corrected chi connectivity index (χ4v) is 5.53. The number of carbonyl (C=O) groups excluding carboxylic acids is 1. The van der Waals surface area contributed by atoms with Gasteiger partial charge < -0.3 is 15.0 Å². The van der Waals surface area contributed by atoms with Crippen LogP contribution in [0.2, 0.25) is 5.02 Å². The van der Waals surface area contributed by atoms with Crippen LogP contribution >= 0.6 is 23.4 Å². The molecule has 0 spiro atoms. The van der Waals surface area contributed by atoms with Crippen LogP contribution in [0.3, 0.4) is 0 Å². The van der Waals surface area contributed by atoms with E-state index in [4.69, 9.17) is 21.3 Å². The summed E-state index contributed by atoms with van der Waals surface area (Å²) in [5.41, 5.74) is 2.77. The number of benzene rings is 3. The Morgan fingerprint density at radius 3 is 2.47 bits per heavy atom. The van der Waals surface area contributed by atoms with Crippen LogP contribution in [0.5, 0.6) is 0 Å². The molecule has 1 unspecified atom stereocenters. The zero-order valence-electron chi connectivity index (χ0n) is 20.3. The topological polar surface area (TPSA) is 84.1 Å². The summed E-state index contributed by atoms with van der Waals surface area (Å²) in [7, 11) is 0. The summed E-state index contributed by atoms with van der Waals surface area (Å²) < 4.78 is 19.3. The number of esters is 1. The number of nitrogens with zero attached hydrogens (tertiary/aromatic N) is 1. The predicted octanol–water partition coefficient (Wildman–Crippen LogP) is 6.39. The molecule has 2 heterocycles. The summed E-state index contributed by atoms with van der Waals surface area (Å²) >= 11 is 7.64. The molecule has 2 N–H and O–H groups in total. The third-order valence-electron chi connectivity index (χ3n) is 6.11. The molecule has 1 aliphatic rings. The Morgan fingerprint density at radius 1 is 1.05 bits per heavy atom. The number of hydrogen-bond donors (Lipinski definition) is 2. The van der Waals surface area contributed by atoms with Crippen LogP contribution in [0, 0.1) is 5.82 Å². The molecule has 0 fully saturated rings. The first-order valence-corrected chi connectivity index (χ1v) is 13.3. The lowest BCUT2D eigenvalue weighted by molar-refractivity contribution is -0.138. The Labute approximate surface area is 227 Å². The summed E-state index contributed by atoms with van der Waals surface area (Å²) in [4.78, 5) is 34.5. The van der Waals surface area contributed by atoms with E-state index in [2.05, 4.69) is 10.3 Å². The maximum absolute atomic E-state index is 13.8. The van der Waals surface area contributed by atoms with Crippen LogP contribution in [0.15, 0.2) is 94.4 Å². The molecule has 0 bridgehead atoms. The van der Waals surface area contributed by atoms with Gasteiger partial charge in [0.05, 0.1) is 29.4 Å². The van der Waals surface area contributed by atoms with Crippen molar-refractivity contribution in [1.29, 1.82) is 0 Å². The van der Waals surface area contributed by atoms with Gasteiger partial charge in [0.1, 0.15) is 11.6 Å². The number of halogens is 2. The molecule has 0 saturated carbocycles. The van der Waals surface area contributed by atoms with Crippen molar-refractivity contribution in [2.75, 3.05) is 11.9 Å². The number of fused-ring (bicyclic) bond motifs is 1. The maximum Gasteiger partial charge on any atom is 0.337 e. The fraction of sp³-hybridized carbons (Fsp3) is 0.138. The predicted molar refractivity (Wildman–Crippen MR) is 148 cm³/mol. The molecule has 9 heteroatoms. The van der Waals surface area contributed by atoms with Crippen molar-refractivity contribution in [3.8, 4) is 0 Å². The average Bonchev–Trinajstić information content (AvgIpc) is 2.92. The van der Waals surface area contributed by atoms with Crippen LogP contribution in [0.4, 0.5) is 10.2 Å². The number of anilines is 1. The second kappa shape index (κ2) is 11.2. The fourth-order valence-electron chi connectivity index (χ4n) is 4.38. The molecule has 4 aromatic rings. The van der Waals surface area contributed by atoms with E-state index in [0.717, 1.165) is 11.1 Å². The quantitative estimate of drug-likeness (QED) is 0.158. The van der Waals surface area contributed by atoms with E-state index in [1.807, 2.05) is 54.6 Å². The number of carbonyl (C=O) groups is 1. The number of thioether (sulfide) groups is 1. The monoisotopic (exact) mass is 547 g/mol. The second-order valence-corrected chi connectivity index (χ2v) is 9.87. The van der Waals surface area contributed by atoms with Crippen LogP contribution in [0.1, 0.15) is 35.1 Å². The number of rotatable bonds is 7. The summed E-state index contributed by atoms with van der Waals surface area (Å²) in [6, 6.07) is 22.5. The van der Waals surface area contributed by atoms with E-state index in [-0.39, 0.29) is 17.7 Å². The summed E-state index contributed by atoms with van der Waals surface area (Å²) in [5.74, 6) is -1.02. The minimum Gasteiger partial charge on any atom is -0.463 e. The molecular formula is C29H23ClFN3O3S. The van der Waals surface area contributed by atoms with Crippen molar-refractivity contribution in [2.24, 2.45) is 0 Å². The van der Waals surface area contributed by atoms with E-state index in [9.17, 15) is 14.0 Å². The van der Waals surface area contributed by atoms with Crippen molar-refractivity contribution < 1.29 is 13.9 Å². The molecule has 1 aromatic heterocycles. The Balaban J connectivity index is 1.66. The van der Waals surface area contributed by atoms with Crippen molar-refractivity contribution in [3.63, 3.8) is 0 Å². The highest BCUT2D eigenvalue weighted by molar-refractivity contribution is 7.98. The molecule has 0 saturated heterocycles. The first-order valence-electron chi connectivity index (χ1n) is 12.0. The number of hydrogen-bond acceptors (Lipinski definition) is 6. The molecular weight excluding hydrogens is 525 g/mol. The first kappa shape index (κ1) is 25.8. The lowest BCUT2D eigenvalue weighted by atomic mass is 9.81.